The molecule has 5 heteroatoms. The number of hydrogen-bond acceptors (Lipinski definition) is 4. The quantitative estimate of drug-likeness (QED) is 0.832. The van der Waals surface area contributed by atoms with Crippen LogP contribution in [0.1, 0.15) is 34.6 Å². The van der Waals surface area contributed by atoms with Crippen molar-refractivity contribution in [1.82, 2.24) is 5.32 Å². The van der Waals surface area contributed by atoms with Crippen molar-refractivity contribution in [1.29, 1.82) is 0 Å². The second kappa shape index (κ2) is 5.21. The second-order valence-corrected chi connectivity index (χ2v) is 6.17. The molecule has 2 unspecified atom stereocenters. The van der Waals surface area contributed by atoms with E-state index in [1.165, 1.54) is 6.92 Å². The molecule has 1 rings (SSSR count). The zero-order chi connectivity index (χ0) is 13.2. The zero-order valence-corrected chi connectivity index (χ0v) is 11.9. The van der Waals surface area contributed by atoms with E-state index >= 15 is 0 Å². The van der Waals surface area contributed by atoms with E-state index in [2.05, 4.69) is 10.3 Å². The van der Waals surface area contributed by atoms with Crippen LogP contribution in [-0.2, 0) is 9.59 Å². The van der Waals surface area contributed by atoms with E-state index in [1.807, 2.05) is 27.7 Å². The molecular weight excluding hydrogens is 236 g/mol. The van der Waals surface area contributed by atoms with E-state index in [-0.39, 0.29) is 17.6 Å². The summed E-state index contributed by atoms with van der Waals surface area (Å²) in [6, 6.07) is -0.416. The van der Waals surface area contributed by atoms with Gasteiger partial charge in [-0.3, -0.25) is 14.6 Å². The number of hydrogen-bond donors (Lipinski definition) is 1. The fourth-order valence-electron chi connectivity index (χ4n) is 1.81. The standard InChI is InChI=1S/C12H20N2O2S/c1-7(2)10(8(3)15)13-11(16)12(5)6-17-9(4)14-12/h7,10H,6H2,1-5H3,(H,13,16). The van der Waals surface area contributed by atoms with Gasteiger partial charge in [0.15, 0.2) is 5.78 Å². The summed E-state index contributed by atoms with van der Waals surface area (Å²) >= 11 is 1.58. The van der Waals surface area contributed by atoms with Gasteiger partial charge in [0.05, 0.1) is 11.1 Å². The van der Waals surface area contributed by atoms with E-state index in [0.717, 1.165) is 5.04 Å². The van der Waals surface area contributed by atoms with Crippen LogP contribution in [-0.4, -0.2) is 34.1 Å². The van der Waals surface area contributed by atoms with E-state index in [0.29, 0.717) is 5.75 Å². The van der Waals surface area contributed by atoms with E-state index in [4.69, 9.17) is 0 Å². The molecule has 1 amide bonds. The van der Waals surface area contributed by atoms with Gasteiger partial charge < -0.3 is 5.32 Å². The van der Waals surface area contributed by atoms with Gasteiger partial charge in [0.2, 0.25) is 5.91 Å². The first kappa shape index (κ1) is 14.2. The van der Waals surface area contributed by atoms with Gasteiger partial charge in [-0.25, -0.2) is 0 Å². The Morgan fingerprint density at radius 1 is 1.47 bits per heavy atom. The highest BCUT2D eigenvalue weighted by molar-refractivity contribution is 8.14. The molecule has 1 aliphatic heterocycles. The van der Waals surface area contributed by atoms with Crippen molar-refractivity contribution >= 4 is 28.5 Å². The number of ketones is 1. The van der Waals surface area contributed by atoms with Crippen molar-refractivity contribution in [3.63, 3.8) is 0 Å². The summed E-state index contributed by atoms with van der Waals surface area (Å²) in [5, 5.41) is 3.73. The van der Waals surface area contributed by atoms with Crippen LogP contribution in [0.3, 0.4) is 0 Å². The van der Waals surface area contributed by atoms with Crippen LogP contribution in [0.2, 0.25) is 0 Å². The number of thioether (sulfide) groups is 1. The van der Waals surface area contributed by atoms with Crippen LogP contribution in [0.25, 0.3) is 0 Å². The van der Waals surface area contributed by atoms with Gasteiger partial charge in [-0.1, -0.05) is 13.8 Å². The Hall–Kier alpha value is -0.840. The molecule has 96 valence electrons. The van der Waals surface area contributed by atoms with Crippen molar-refractivity contribution in [3.05, 3.63) is 0 Å². The maximum absolute atomic E-state index is 12.1. The summed E-state index contributed by atoms with van der Waals surface area (Å²) in [4.78, 5) is 27.9. The first-order chi connectivity index (χ1) is 7.76. The number of rotatable bonds is 4. The van der Waals surface area contributed by atoms with Crippen molar-refractivity contribution in [2.45, 2.75) is 46.2 Å². The molecule has 1 aliphatic rings. The van der Waals surface area contributed by atoms with Crippen LogP contribution < -0.4 is 5.32 Å². The van der Waals surface area contributed by atoms with E-state index in [9.17, 15) is 9.59 Å². The molecule has 0 aliphatic carbocycles. The number of nitrogens with one attached hydrogen (secondary N) is 1. The Bertz CT molecular complexity index is 366. The summed E-state index contributed by atoms with van der Waals surface area (Å²) < 4.78 is 0. The van der Waals surface area contributed by atoms with Crippen molar-refractivity contribution < 1.29 is 9.59 Å². The summed E-state index contributed by atoms with van der Waals surface area (Å²) in [5.41, 5.74) is -0.725. The lowest BCUT2D eigenvalue weighted by Gasteiger charge is -2.25. The molecule has 0 fully saturated rings. The minimum absolute atomic E-state index is 0.0108. The van der Waals surface area contributed by atoms with Gasteiger partial charge in [-0.2, -0.15) is 0 Å². The average Bonchev–Trinajstić information content (AvgIpc) is 2.55. The third-order valence-electron chi connectivity index (χ3n) is 2.85. The summed E-state index contributed by atoms with van der Waals surface area (Å²) in [6.45, 7) is 9.06. The van der Waals surface area contributed by atoms with Crippen LogP contribution >= 0.6 is 11.8 Å². The predicted octanol–water partition coefficient (Wildman–Crippen LogP) is 1.64. The monoisotopic (exact) mass is 256 g/mol. The van der Waals surface area contributed by atoms with E-state index < -0.39 is 11.6 Å². The Labute approximate surface area is 107 Å². The van der Waals surface area contributed by atoms with Crippen molar-refractivity contribution in [2.75, 3.05) is 5.75 Å². The Balaban J connectivity index is 2.75. The highest BCUT2D eigenvalue weighted by atomic mass is 32.2. The molecule has 17 heavy (non-hydrogen) atoms. The highest BCUT2D eigenvalue weighted by Gasteiger charge is 2.38. The fourth-order valence-corrected chi connectivity index (χ4v) is 2.76. The lowest BCUT2D eigenvalue weighted by atomic mass is 9.98. The van der Waals surface area contributed by atoms with Crippen molar-refractivity contribution in [2.24, 2.45) is 10.9 Å². The Morgan fingerprint density at radius 3 is 2.41 bits per heavy atom. The molecular formula is C12H20N2O2S. The number of carbonyl (C=O) groups excluding carboxylic acids is 2. The lowest BCUT2D eigenvalue weighted by Crippen LogP contribution is -2.51. The minimum atomic E-state index is -0.725. The molecule has 2 atom stereocenters. The van der Waals surface area contributed by atoms with Gasteiger partial charge in [-0.15, -0.1) is 11.8 Å². The SMILES string of the molecule is CC(=O)C(NC(=O)C1(C)CSC(C)=N1)C(C)C. The third-order valence-corrected chi connectivity index (χ3v) is 4.06. The molecule has 0 saturated heterocycles. The van der Waals surface area contributed by atoms with Crippen LogP contribution in [0.5, 0.6) is 0 Å². The molecule has 0 spiro atoms. The average molecular weight is 256 g/mol. The molecule has 1 N–H and O–H groups in total. The van der Waals surface area contributed by atoms with Gasteiger partial charge in [0.25, 0.3) is 0 Å². The number of aliphatic imine (C=N–C) groups is 1. The molecule has 0 saturated carbocycles. The normalized spacial score (nSPS) is 25.6. The molecule has 0 bridgehead atoms. The van der Waals surface area contributed by atoms with E-state index in [1.54, 1.807) is 11.8 Å². The van der Waals surface area contributed by atoms with Crippen molar-refractivity contribution in [3.8, 4) is 0 Å². The molecule has 0 aromatic heterocycles. The van der Waals surface area contributed by atoms with Gasteiger partial charge in [-0.05, 0) is 26.7 Å². The minimum Gasteiger partial charge on any atom is -0.344 e. The van der Waals surface area contributed by atoms with Gasteiger partial charge in [0, 0.05) is 5.75 Å². The Kier molecular flexibility index (Phi) is 4.36. The van der Waals surface area contributed by atoms with Gasteiger partial charge in [0.1, 0.15) is 5.54 Å². The molecule has 0 aromatic rings. The maximum atomic E-state index is 12.1. The number of amides is 1. The molecule has 1 heterocycles. The first-order valence-corrected chi connectivity index (χ1v) is 6.75. The topological polar surface area (TPSA) is 58.5 Å². The molecule has 4 nitrogen and oxygen atoms in total. The number of carbonyl (C=O) groups is 2. The lowest BCUT2D eigenvalue weighted by molar-refractivity contribution is -0.130. The second-order valence-electron chi connectivity index (χ2n) is 5.00. The van der Waals surface area contributed by atoms with Gasteiger partial charge >= 0.3 is 0 Å². The smallest absolute Gasteiger partial charge is 0.249 e. The number of nitrogens with zero attached hydrogens (tertiary/aromatic N) is 1. The molecule has 0 radical (unpaired) electrons. The van der Waals surface area contributed by atoms with Crippen LogP contribution in [0, 0.1) is 5.92 Å². The zero-order valence-electron chi connectivity index (χ0n) is 11.0. The molecule has 0 aromatic carbocycles. The predicted molar refractivity (Wildman–Crippen MR) is 71.4 cm³/mol. The highest BCUT2D eigenvalue weighted by Crippen LogP contribution is 2.27. The summed E-state index contributed by atoms with van der Waals surface area (Å²) in [7, 11) is 0. The fraction of sp³-hybridized carbons (Fsp3) is 0.750. The first-order valence-electron chi connectivity index (χ1n) is 5.77. The summed E-state index contributed by atoms with van der Waals surface area (Å²) in [5.74, 6) is 0.575. The summed E-state index contributed by atoms with van der Waals surface area (Å²) in [6.07, 6.45) is 0. The van der Waals surface area contributed by atoms with Crippen LogP contribution in [0.4, 0.5) is 0 Å². The van der Waals surface area contributed by atoms with Crippen LogP contribution in [0.15, 0.2) is 4.99 Å². The maximum Gasteiger partial charge on any atom is 0.249 e. The number of Topliss-reactive ketones (excluding diaryl/α,β-unsaturated/α-hetero) is 1. The Morgan fingerprint density at radius 2 is 2.06 bits per heavy atom. The third kappa shape index (κ3) is 3.31. The largest absolute Gasteiger partial charge is 0.344 e.